The quantitative estimate of drug-likeness (QED) is 0.179. The predicted molar refractivity (Wildman–Crippen MR) is 103 cm³/mol. The Balaban J connectivity index is 1.73. The summed E-state index contributed by atoms with van der Waals surface area (Å²) in [6.07, 6.45) is 19.9. The van der Waals surface area contributed by atoms with Crippen molar-refractivity contribution < 1.29 is 14.3 Å². The zero-order valence-electron chi connectivity index (χ0n) is 16.7. The van der Waals surface area contributed by atoms with Crippen molar-refractivity contribution in [2.24, 2.45) is 11.8 Å². The van der Waals surface area contributed by atoms with Gasteiger partial charge in [0.25, 0.3) is 0 Å². The molecule has 146 valence electrons. The van der Waals surface area contributed by atoms with Gasteiger partial charge in [-0.15, -0.1) is 0 Å². The third-order valence-electron chi connectivity index (χ3n) is 5.29. The number of unbranched alkanes of at least 4 members (excludes halogenated alkanes) is 12. The Morgan fingerprint density at radius 2 is 1.20 bits per heavy atom. The molecule has 1 saturated heterocycles. The number of hydrogen-bond acceptors (Lipinski definition) is 3. The molecule has 1 unspecified atom stereocenters. The second kappa shape index (κ2) is 14.3. The van der Waals surface area contributed by atoms with Crippen LogP contribution in [0, 0.1) is 11.8 Å². The number of cyclic esters (lactones) is 2. The van der Waals surface area contributed by atoms with Crippen LogP contribution in [0.1, 0.15) is 117 Å². The first-order valence-corrected chi connectivity index (χ1v) is 10.8. The Morgan fingerprint density at radius 1 is 0.760 bits per heavy atom. The third kappa shape index (κ3) is 12.2. The van der Waals surface area contributed by atoms with Crippen LogP contribution >= 0.6 is 0 Å². The van der Waals surface area contributed by atoms with Crippen LogP contribution in [-0.2, 0) is 14.3 Å². The largest absolute Gasteiger partial charge is 0.393 e. The fourth-order valence-electron chi connectivity index (χ4n) is 3.63. The van der Waals surface area contributed by atoms with Crippen molar-refractivity contribution >= 4 is 11.9 Å². The summed E-state index contributed by atoms with van der Waals surface area (Å²) in [6, 6.07) is 0. The smallest absolute Gasteiger partial charge is 0.317 e. The first kappa shape index (κ1) is 22.2. The van der Waals surface area contributed by atoms with Crippen molar-refractivity contribution in [3.63, 3.8) is 0 Å². The van der Waals surface area contributed by atoms with Gasteiger partial charge in [-0.3, -0.25) is 9.59 Å². The highest BCUT2D eigenvalue weighted by molar-refractivity contribution is 5.94. The Bertz CT molecular complexity index is 362. The lowest BCUT2D eigenvalue weighted by atomic mass is 9.98. The van der Waals surface area contributed by atoms with Crippen molar-refractivity contribution in [1.82, 2.24) is 0 Å². The molecule has 1 fully saturated rings. The number of hydrogen-bond donors (Lipinski definition) is 0. The molecule has 3 heteroatoms. The molecule has 0 aromatic carbocycles. The molecule has 1 aliphatic rings. The van der Waals surface area contributed by atoms with Crippen molar-refractivity contribution in [3.05, 3.63) is 0 Å². The normalized spacial score (nSPS) is 17.5. The molecule has 1 rings (SSSR count). The molecule has 0 aliphatic carbocycles. The van der Waals surface area contributed by atoms with Gasteiger partial charge in [-0.1, -0.05) is 104 Å². The summed E-state index contributed by atoms with van der Waals surface area (Å²) in [7, 11) is 0. The first-order valence-electron chi connectivity index (χ1n) is 10.8. The molecule has 0 spiro atoms. The van der Waals surface area contributed by atoms with Gasteiger partial charge < -0.3 is 4.74 Å². The van der Waals surface area contributed by atoms with E-state index in [4.69, 9.17) is 0 Å². The highest BCUT2D eigenvalue weighted by Gasteiger charge is 2.32. The van der Waals surface area contributed by atoms with Crippen LogP contribution < -0.4 is 0 Å². The van der Waals surface area contributed by atoms with E-state index in [2.05, 4.69) is 18.6 Å². The number of ether oxygens (including phenoxy) is 1. The molecular weight excluding hydrogens is 312 g/mol. The lowest BCUT2D eigenvalue weighted by Gasteiger charge is -2.05. The third-order valence-corrected chi connectivity index (χ3v) is 5.29. The van der Waals surface area contributed by atoms with Crippen LogP contribution in [0.3, 0.4) is 0 Å². The maximum Gasteiger partial charge on any atom is 0.317 e. The maximum absolute atomic E-state index is 11.3. The standard InChI is InChI=1S/C22H40O3/c1-19(2)16-14-12-10-8-6-4-3-5-7-9-11-13-15-17-20-18-21(23)25-22(20)24/h19-20H,3-18H2,1-2H3. The molecular formula is C22H40O3. The van der Waals surface area contributed by atoms with E-state index in [9.17, 15) is 9.59 Å². The Kier molecular flexibility index (Phi) is 12.7. The summed E-state index contributed by atoms with van der Waals surface area (Å²) >= 11 is 0. The molecule has 0 bridgehead atoms. The van der Waals surface area contributed by atoms with E-state index in [1.807, 2.05) is 0 Å². The van der Waals surface area contributed by atoms with Crippen LogP contribution in [0.15, 0.2) is 0 Å². The summed E-state index contributed by atoms with van der Waals surface area (Å²) in [6.45, 7) is 4.63. The number of rotatable bonds is 16. The molecule has 25 heavy (non-hydrogen) atoms. The fraction of sp³-hybridized carbons (Fsp3) is 0.909. The molecule has 0 N–H and O–H groups in total. The Morgan fingerprint density at radius 3 is 1.60 bits per heavy atom. The molecule has 3 nitrogen and oxygen atoms in total. The lowest BCUT2D eigenvalue weighted by Crippen LogP contribution is -2.06. The average molecular weight is 353 g/mol. The van der Waals surface area contributed by atoms with Gasteiger partial charge in [-0.2, -0.15) is 0 Å². The minimum absolute atomic E-state index is 0.155. The van der Waals surface area contributed by atoms with Gasteiger partial charge in [0.15, 0.2) is 0 Å². The van der Waals surface area contributed by atoms with E-state index in [-0.39, 0.29) is 17.9 Å². The van der Waals surface area contributed by atoms with Crippen LogP contribution in [0.4, 0.5) is 0 Å². The highest BCUT2D eigenvalue weighted by atomic mass is 16.6. The summed E-state index contributed by atoms with van der Waals surface area (Å²) < 4.78 is 4.57. The molecule has 0 saturated carbocycles. The monoisotopic (exact) mass is 352 g/mol. The van der Waals surface area contributed by atoms with Gasteiger partial charge in [0.1, 0.15) is 0 Å². The summed E-state index contributed by atoms with van der Waals surface area (Å²) in [5.74, 6) is 0.0665. The Hall–Kier alpha value is -0.860. The second-order valence-corrected chi connectivity index (χ2v) is 8.26. The summed E-state index contributed by atoms with van der Waals surface area (Å²) in [5, 5.41) is 0. The number of carbonyl (C=O) groups is 2. The summed E-state index contributed by atoms with van der Waals surface area (Å²) in [4.78, 5) is 22.3. The van der Waals surface area contributed by atoms with E-state index in [1.54, 1.807) is 0 Å². The molecule has 1 atom stereocenters. The Labute approximate surface area is 155 Å². The van der Waals surface area contributed by atoms with Crippen LogP contribution in [0.25, 0.3) is 0 Å². The van der Waals surface area contributed by atoms with E-state index >= 15 is 0 Å². The van der Waals surface area contributed by atoms with E-state index < -0.39 is 0 Å². The van der Waals surface area contributed by atoms with E-state index in [0.29, 0.717) is 6.42 Å². The minimum atomic E-state index is -0.342. The molecule has 1 aliphatic heterocycles. The van der Waals surface area contributed by atoms with Crippen LogP contribution in [0.2, 0.25) is 0 Å². The van der Waals surface area contributed by atoms with E-state index in [1.165, 1.54) is 83.5 Å². The van der Waals surface area contributed by atoms with Crippen molar-refractivity contribution in [1.29, 1.82) is 0 Å². The number of carbonyl (C=O) groups excluding carboxylic acids is 2. The summed E-state index contributed by atoms with van der Waals surface area (Å²) in [5.41, 5.74) is 0. The van der Waals surface area contributed by atoms with Crippen LogP contribution in [0.5, 0.6) is 0 Å². The minimum Gasteiger partial charge on any atom is -0.393 e. The fourth-order valence-corrected chi connectivity index (χ4v) is 3.63. The molecule has 0 aromatic heterocycles. The molecule has 1 heterocycles. The van der Waals surface area contributed by atoms with Gasteiger partial charge >= 0.3 is 11.9 Å². The van der Waals surface area contributed by atoms with Gasteiger partial charge in [0, 0.05) is 0 Å². The van der Waals surface area contributed by atoms with Crippen molar-refractivity contribution in [2.45, 2.75) is 117 Å². The highest BCUT2D eigenvalue weighted by Crippen LogP contribution is 2.22. The second-order valence-electron chi connectivity index (χ2n) is 8.26. The van der Waals surface area contributed by atoms with Gasteiger partial charge in [-0.25, -0.2) is 0 Å². The van der Waals surface area contributed by atoms with Crippen molar-refractivity contribution in [3.8, 4) is 0 Å². The van der Waals surface area contributed by atoms with Gasteiger partial charge in [-0.05, 0) is 12.3 Å². The van der Waals surface area contributed by atoms with Gasteiger partial charge in [0.2, 0.25) is 0 Å². The SMILES string of the molecule is CC(C)CCCCCCCCCCCCCCCC1CC(=O)OC1=O. The molecule has 0 amide bonds. The predicted octanol–water partition coefficient (Wildman–Crippen LogP) is 6.58. The molecule has 0 aromatic rings. The first-order chi connectivity index (χ1) is 12.1. The van der Waals surface area contributed by atoms with Crippen LogP contribution in [-0.4, -0.2) is 11.9 Å². The maximum atomic E-state index is 11.3. The zero-order valence-corrected chi connectivity index (χ0v) is 16.7. The van der Waals surface area contributed by atoms with Crippen molar-refractivity contribution in [2.75, 3.05) is 0 Å². The average Bonchev–Trinajstić information content (AvgIpc) is 2.88. The lowest BCUT2D eigenvalue weighted by molar-refractivity contribution is -0.153. The number of esters is 2. The molecule has 0 radical (unpaired) electrons. The topological polar surface area (TPSA) is 43.4 Å². The van der Waals surface area contributed by atoms with E-state index in [0.717, 1.165) is 18.8 Å². The zero-order chi connectivity index (χ0) is 18.3. The van der Waals surface area contributed by atoms with Gasteiger partial charge in [0.05, 0.1) is 12.3 Å².